The van der Waals surface area contributed by atoms with Crippen LogP contribution in [-0.2, 0) is 14.3 Å². The van der Waals surface area contributed by atoms with Crippen molar-refractivity contribution in [1.82, 2.24) is 5.32 Å². The monoisotopic (exact) mass is 337 g/mol. The Morgan fingerprint density at radius 3 is 2.61 bits per heavy atom. The van der Waals surface area contributed by atoms with Gasteiger partial charge in [-0.25, -0.2) is 0 Å². The third-order valence-electron chi connectivity index (χ3n) is 4.41. The Bertz CT molecular complexity index is 541. The van der Waals surface area contributed by atoms with E-state index in [1.165, 1.54) is 26.4 Å². The van der Waals surface area contributed by atoms with Crippen LogP contribution in [0.15, 0.2) is 24.3 Å². The van der Waals surface area contributed by atoms with Gasteiger partial charge in [0.2, 0.25) is 5.91 Å². The molecule has 1 amide bonds. The van der Waals surface area contributed by atoms with E-state index >= 15 is 0 Å². The topological polar surface area (TPSA) is 55.4 Å². The Labute approximate surface area is 142 Å². The highest BCUT2D eigenvalue weighted by molar-refractivity contribution is 6.31. The molecule has 4 nitrogen and oxygen atoms in total. The Hall–Kier alpha value is -1.55. The van der Waals surface area contributed by atoms with E-state index in [9.17, 15) is 9.59 Å². The molecule has 1 N–H and O–H groups in total. The molecule has 1 aliphatic rings. The predicted molar refractivity (Wildman–Crippen MR) is 90.2 cm³/mol. The van der Waals surface area contributed by atoms with Crippen LogP contribution >= 0.6 is 11.6 Å². The van der Waals surface area contributed by atoms with Crippen LogP contribution in [0.2, 0.25) is 5.02 Å². The number of carbonyl (C=O) groups excluding carboxylic acids is 2. The molecule has 23 heavy (non-hydrogen) atoms. The number of methoxy groups -OCH3 is 1. The van der Waals surface area contributed by atoms with Gasteiger partial charge in [-0.1, -0.05) is 49.1 Å². The summed E-state index contributed by atoms with van der Waals surface area (Å²) in [7, 11) is 1.34. The van der Waals surface area contributed by atoms with Crippen molar-refractivity contribution in [3.05, 3.63) is 34.9 Å². The zero-order valence-electron chi connectivity index (χ0n) is 13.5. The minimum Gasteiger partial charge on any atom is -0.469 e. The molecule has 0 heterocycles. The van der Waals surface area contributed by atoms with Crippen molar-refractivity contribution in [3.63, 3.8) is 0 Å². The van der Waals surface area contributed by atoms with Gasteiger partial charge in [-0.05, 0) is 30.4 Å². The summed E-state index contributed by atoms with van der Waals surface area (Å²) in [6.07, 6.45) is 6.49. The summed E-state index contributed by atoms with van der Waals surface area (Å²) < 4.78 is 4.74. The Morgan fingerprint density at radius 2 is 1.96 bits per heavy atom. The molecular weight excluding hydrogens is 314 g/mol. The van der Waals surface area contributed by atoms with Gasteiger partial charge in [-0.15, -0.1) is 0 Å². The first kappa shape index (κ1) is 17.8. The van der Waals surface area contributed by atoms with Crippen molar-refractivity contribution in [1.29, 1.82) is 0 Å². The van der Waals surface area contributed by atoms with E-state index in [0.29, 0.717) is 17.4 Å². The van der Waals surface area contributed by atoms with Crippen LogP contribution in [-0.4, -0.2) is 19.0 Å². The third kappa shape index (κ3) is 5.54. The summed E-state index contributed by atoms with van der Waals surface area (Å²) in [5, 5.41) is 3.50. The van der Waals surface area contributed by atoms with Crippen molar-refractivity contribution in [2.45, 2.75) is 51.0 Å². The lowest BCUT2D eigenvalue weighted by Crippen LogP contribution is -2.32. The smallest absolute Gasteiger partial charge is 0.307 e. The summed E-state index contributed by atoms with van der Waals surface area (Å²) in [5.74, 6) is 0.0624. The molecule has 1 aromatic rings. The summed E-state index contributed by atoms with van der Waals surface area (Å²) in [6, 6.07) is 6.81. The highest BCUT2D eigenvalue weighted by Gasteiger charge is 2.23. The first-order valence-corrected chi connectivity index (χ1v) is 8.58. The van der Waals surface area contributed by atoms with Gasteiger partial charge in [0, 0.05) is 11.4 Å². The zero-order chi connectivity index (χ0) is 16.7. The largest absolute Gasteiger partial charge is 0.469 e. The molecule has 0 radical (unpaired) electrons. The standard InChI is InChI=1S/C18H24ClNO3/c1-23-18(22)12-16(14-9-5-6-10-15(14)19)20-17(21)11-13-7-3-2-4-8-13/h5-6,9-10,13,16H,2-4,7-8,11-12H2,1H3,(H,20,21). The molecule has 0 saturated heterocycles. The number of amides is 1. The Morgan fingerprint density at radius 1 is 1.26 bits per heavy atom. The number of hydrogen-bond acceptors (Lipinski definition) is 3. The van der Waals surface area contributed by atoms with Crippen LogP contribution < -0.4 is 5.32 Å². The fourth-order valence-corrected chi connectivity index (χ4v) is 3.42. The van der Waals surface area contributed by atoms with E-state index in [1.54, 1.807) is 6.07 Å². The van der Waals surface area contributed by atoms with Crippen LogP contribution in [0, 0.1) is 5.92 Å². The van der Waals surface area contributed by atoms with Crippen LogP contribution in [0.4, 0.5) is 0 Å². The third-order valence-corrected chi connectivity index (χ3v) is 4.76. The second-order valence-corrected chi connectivity index (χ2v) is 6.54. The van der Waals surface area contributed by atoms with Gasteiger partial charge >= 0.3 is 5.97 Å². The van der Waals surface area contributed by atoms with Crippen molar-refractivity contribution < 1.29 is 14.3 Å². The van der Waals surface area contributed by atoms with Gasteiger partial charge in [0.05, 0.1) is 19.6 Å². The van der Waals surface area contributed by atoms with Gasteiger partial charge in [0.15, 0.2) is 0 Å². The van der Waals surface area contributed by atoms with E-state index in [1.807, 2.05) is 18.2 Å². The number of esters is 1. The average Bonchev–Trinajstić information content (AvgIpc) is 2.55. The first-order chi connectivity index (χ1) is 11.1. The second-order valence-electron chi connectivity index (χ2n) is 6.13. The highest BCUT2D eigenvalue weighted by atomic mass is 35.5. The SMILES string of the molecule is COC(=O)CC(NC(=O)CC1CCCCC1)c1ccccc1Cl. The maximum Gasteiger partial charge on any atom is 0.307 e. The van der Waals surface area contributed by atoms with E-state index < -0.39 is 6.04 Å². The van der Waals surface area contributed by atoms with E-state index in [-0.39, 0.29) is 18.3 Å². The average molecular weight is 338 g/mol. The molecule has 5 heteroatoms. The number of hydrogen-bond donors (Lipinski definition) is 1. The minimum absolute atomic E-state index is 0.0225. The number of ether oxygens (including phenoxy) is 1. The highest BCUT2D eigenvalue weighted by Crippen LogP contribution is 2.28. The molecule has 1 saturated carbocycles. The fraction of sp³-hybridized carbons (Fsp3) is 0.556. The zero-order valence-corrected chi connectivity index (χ0v) is 14.3. The lowest BCUT2D eigenvalue weighted by atomic mass is 9.86. The number of carbonyl (C=O) groups is 2. The quantitative estimate of drug-likeness (QED) is 0.797. The van der Waals surface area contributed by atoms with Crippen molar-refractivity contribution >= 4 is 23.5 Å². The fourth-order valence-electron chi connectivity index (χ4n) is 3.15. The van der Waals surface area contributed by atoms with Gasteiger partial charge < -0.3 is 10.1 Å². The molecule has 0 bridgehead atoms. The van der Waals surface area contributed by atoms with Crippen molar-refractivity contribution in [3.8, 4) is 0 Å². The van der Waals surface area contributed by atoms with E-state index in [2.05, 4.69) is 5.32 Å². The van der Waals surface area contributed by atoms with Crippen molar-refractivity contribution in [2.75, 3.05) is 7.11 Å². The molecule has 2 rings (SSSR count). The second kappa shape index (κ2) is 8.92. The normalized spacial score (nSPS) is 16.6. The van der Waals surface area contributed by atoms with Crippen LogP contribution in [0.1, 0.15) is 56.6 Å². The van der Waals surface area contributed by atoms with Crippen LogP contribution in [0.25, 0.3) is 0 Å². The van der Waals surface area contributed by atoms with Crippen molar-refractivity contribution in [2.24, 2.45) is 5.92 Å². The molecule has 0 aromatic heterocycles. The molecule has 0 spiro atoms. The minimum atomic E-state index is -0.452. The summed E-state index contributed by atoms with van der Waals surface area (Å²) >= 11 is 6.22. The number of halogens is 1. The molecule has 1 unspecified atom stereocenters. The van der Waals surface area contributed by atoms with Gasteiger partial charge in [-0.2, -0.15) is 0 Å². The maximum absolute atomic E-state index is 12.4. The summed E-state index contributed by atoms with van der Waals surface area (Å²) in [4.78, 5) is 24.0. The Kier molecular flexibility index (Phi) is 6.90. The lowest BCUT2D eigenvalue weighted by Gasteiger charge is -2.23. The number of rotatable bonds is 6. The first-order valence-electron chi connectivity index (χ1n) is 8.20. The molecule has 1 aromatic carbocycles. The molecule has 126 valence electrons. The molecule has 1 fully saturated rings. The number of benzene rings is 1. The molecule has 1 aliphatic carbocycles. The van der Waals surface area contributed by atoms with Gasteiger partial charge in [-0.3, -0.25) is 9.59 Å². The predicted octanol–water partition coefficient (Wildman–Crippen LogP) is 4.03. The van der Waals surface area contributed by atoms with E-state index in [4.69, 9.17) is 16.3 Å². The molecule has 1 atom stereocenters. The van der Waals surface area contributed by atoms with E-state index in [0.717, 1.165) is 18.4 Å². The molecular formula is C18H24ClNO3. The van der Waals surface area contributed by atoms with Crippen LogP contribution in [0.5, 0.6) is 0 Å². The lowest BCUT2D eigenvalue weighted by molar-refractivity contribution is -0.141. The van der Waals surface area contributed by atoms with Crippen LogP contribution in [0.3, 0.4) is 0 Å². The summed E-state index contributed by atoms with van der Waals surface area (Å²) in [6.45, 7) is 0. The van der Waals surface area contributed by atoms with Gasteiger partial charge in [0.25, 0.3) is 0 Å². The van der Waals surface area contributed by atoms with Gasteiger partial charge in [0.1, 0.15) is 0 Å². The molecule has 0 aliphatic heterocycles. The number of nitrogens with one attached hydrogen (secondary N) is 1. The maximum atomic E-state index is 12.4. The Balaban J connectivity index is 2.03. The summed E-state index contributed by atoms with van der Waals surface area (Å²) in [5.41, 5.74) is 0.747.